The van der Waals surface area contributed by atoms with Crippen molar-refractivity contribution in [1.29, 1.82) is 5.26 Å². The molecule has 2 rings (SSSR count). The van der Waals surface area contributed by atoms with Crippen LogP contribution in [0.4, 0.5) is 10.6 Å². The summed E-state index contributed by atoms with van der Waals surface area (Å²) >= 11 is 0. The van der Waals surface area contributed by atoms with E-state index in [0.29, 0.717) is 30.4 Å². The van der Waals surface area contributed by atoms with Crippen LogP contribution in [-0.4, -0.2) is 48.3 Å². The Kier molecular flexibility index (Phi) is 5.09. The molecule has 23 heavy (non-hydrogen) atoms. The number of anilines is 1. The molecule has 1 aliphatic heterocycles. The van der Waals surface area contributed by atoms with Crippen molar-refractivity contribution in [3.8, 4) is 6.07 Å². The Morgan fingerprint density at radius 1 is 1.57 bits per heavy atom. The fraction of sp³-hybridized carbons (Fsp3) is 0.588. The zero-order valence-corrected chi connectivity index (χ0v) is 14.2. The van der Waals surface area contributed by atoms with E-state index in [-0.39, 0.29) is 6.09 Å². The molecule has 0 aliphatic carbocycles. The quantitative estimate of drug-likeness (QED) is 0.857. The molecule has 0 unspecified atom stereocenters. The highest BCUT2D eigenvalue weighted by Gasteiger charge is 2.30. The smallest absolute Gasteiger partial charge is 0.410 e. The van der Waals surface area contributed by atoms with Gasteiger partial charge in [0.2, 0.25) is 0 Å². The number of carbonyl (C=O) groups excluding carboxylic acids is 1. The van der Waals surface area contributed by atoms with Gasteiger partial charge in [-0.25, -0.2) is 9.78 Å². The second-order valence-corrected chi connectivity index (χ2v) is 6.95. The van der Waals surface area contributed by atoms with Crippen LogP contribution in [0.25, 0.3) is 0 Å². The average Bonchev–Trinajstić information content (AvgIpc) is 2.94. The molecule has 1 aromatic heterocycles. The molecule has 6 heteroatoms. The van der Waals surface area contributed by atoms with Crippen molar-refractivity contribution < 1.29 is 9.53 Å². The van der Waals surface area contributed by atoms with Gasteiger partial charge in [-0.05, 0) is 45.2 Å². The molecule has 1 fully saturated rings. The predicted molar refractivity (Wildman–Crippen MR) is 88.1 cm³/mol. The Labute approximate surface area is 137 Å². The number of hydrogen-bond acceptors (Lipinski definition) is 5. The van der Waals surface area contributed by atoms with Crippen LogP contribution in [0, 0.1) is 17.2 Å². The average molecular weight is 316 g/mol. The van der Waals surface area contributed by atoms with Crippen LogP contribution >= 0.6 is 0 Å². The normalized spacial score (nSPS) is 17.7. The largest absolute Gasteiger partial charge is 0.444 e. The molecule has 6 nitrogen and oxygen atoms in total. The molecule has 0 saturated carbocycles. The first-order valence-electron chi connectivity index (χ1n) is 7.84. The van der Waals surface area contributed by atoms with Crippen molar-refractivity contribution >= 4 is 11.9 Å². The second kappa shape index (κ2) is 6.86. The topological polar surface area (TPSA) is 69.5 Å². The van der Waals surface area contributed by atoms with E-state index in [1.807, 2.05) is 32.7 Å². The lowest BCUT2D eigenvalue weighted by Crippen LogP contribution is -2.36. The van der Waals surface area contributed by atoms with Crippen LogP contribution in [0.2, 0.25) is 0 Å². The van der Waals surface area contributed by atoms with Crippen molar-refractivity contribution in [2.24, 2.45) is 5.92 Å². The fourth-order valence-corrected chi connectivity index (χ4v) is 2.74. The highest BCUT2D eigenvalue weighted by molar-refractivity contribution is 5.68. The van der Waals surface area contributed by atoms with Crippen LogP contribution in [-0.2, 0) is 4.74 Å². The maximum absolute atomic E-state index is 12.1. The van der Waals surface area contributed by atoms with Crippen LogP contribution < -0.4 is 4.90 Å². The minimum Gasteiger partial charge on any atom is -0.444 e. The Morgan fingerprint density at radius 3 is 2.96 bits per heavy atom. The minimum atomic E-state index is -0.471. The maximum Gasteiger partial charge on any atom is 0.410 e. The Hall–Kier alpha value is -2.29. The van der Waals surface area contributed by atoms with E-state index >= 15 is 0 Å². The van der Waals surface area contributed by atoms with Crippen molar-refractivity contribution in [3.63, 3.8) is 0 Å². The minimum absolute atomic E-state index is 0.252. The molecule has 124 valence electrons. The third-order valence-electron chi connectivity index (χ3n) is 3.74. The van der Waals surface area contributed by atoms with Crippen LogP contribution in [0.3, 0.4) is 0 Å². The van der Waals surface area contributed by atoms with Gasteiger partial charge in [-0.2, -0.15) is 5.26 Å². The molecule has 1 aromatic rings. The number of pyridine rings is 1. The third-order valence-corrected chi connectivity index (χ3v) is 3.74. The lowest BCUT2D eigenvalue weighted by Gasteiger charge is -2.25. The lowest BCUT2D eigenvalue weighted by atomic mass is 10.1. The fourth-order valence-electron chi connectivity index (χ4n) is 2.74. The van der Waals surface area contributed by atoms with Gasteiger partial charge in [-0.15, -0.1) is 0 Å². The van der Waals surface area contributed by atoms with E-state index in [1.54, 1.807) is 23.2 Å². The van der Waals surface area contributed by atoms with E-state index in [1.165, 1.54) is 0 Å². The van der Waals surface area contributed by atoms with Crippen molar-refractivity contribution in [1.82, 2.24) is 9.88 Å². The van der Waals surface area contributed by atoms with Gasteiger partial charge in [-0.3, -0.25) is 0 Å². The Morgan fingerprint density at radius 2 is 2.30 bits per heavy atom. The van der Waals surface area contributed by atoms with E-state index in [2.05, 4.69) is 11.1 Å². The van der Waals surface area contributed by atoms with Crippen LogP contribution in [0.5, 0.6) is 0 Å². The highest BCUT2D eigenvalue weighted by Crippen LogP contribution is 2.23. The van der Waals surface area contributed by atoms with Gasteiger partial charge < -0.3 is 14.5 Å². The monoisotopic (exact) mass is 316 g/mol. The summed E-state index contributed by atoms with van der Waals surface area (Å²) in [7, 11) is 1.93. The summed E-state index contributed by atoms with van der Waals surface area (Å²) in [6.45, 7) is 7.75. The molecule has 1 aliphatic rings. The number of hydrogen-bond donors (Lipinski definition) is 0. The molecular weight excluding hydrogens is 292 g/mol. The number of likely N-dealkylation sites (tertiary alicyclic amines) is 1. The molecule has 1 atom stereocenters. The molecule has 0 radical (unpaired) electrons. The Balaban J connectivity index is 1.93. The zero-order valence-electron chi connectivity index (χ0n) is 14.2. The van der Waals surface area contributed by atoms with Gasteiger partial charge in [0.15, 0.2) is 0 Å². The third kappa shape index (κ3) is 4.59. The number of nitrogens with zero attached hydrogens (tertiary/aromatic N) is 4. The summed E-state index contributed by atoms with van der Waals surface area (Å²) in [6, 6.07) is 5.69. The molecule has 1 amide bonds. The SMILES string of the molecule is CN(C[C@@H]1CCN(C(=O)OC(C)(C)C)C1)c1ncccc1C#N. The zero-order chi connectivity index (χ0) is 17.0. The first kappa shape index (κ1) is 17.1. The van der Waals surface area contributed by atoms with Crippen molar-refractivity contribution in [2.75, 3.05) is 31.6 Å². The van der Waals surface area contributed by atoms with Gasteiger partial charge in [0.1, 0.15) is 17.5 Å². The summed E-state index contributed by atoms with van der Waals surface area (Å²) in [4.78, 5) is 20.1. The number of rotatable bonds is 3. The standard InChI is InChI=1S/C17H24N4O2/c1-17(2,3)23-16(22)21-9-7-13(12-21)11-20(4)15-14(10-18)6-5-8-19-15/h5-6,8,13H,7,9,11-12H2,1-4H3/t13-/m0/s1. The maximum atomic E-state index is 12.1. The van der Waals surface area contributed by atoms with Gasteiger partial charge in [0.05, 0.1) is 5.56 Å². The van der Waals surface area contributed by atoms with E-state index in [9.17, 15) is 4.79 Å². The summed E-state index contributed by atoms with van der Waals surface area (Å²) < 4.78 is 5.41. The summed E-state index contributed by atoms with van der Waals surface area (Å²) in [5.41, 5.74) is 0.0960. The number of amides is 1. The molecule has 1 saturated heterocycles. The molecule has 2 heterocycles. The molecule has 0 N–H and O–H groups in total. The summed E-state index contributed by atoms with van der Waals surface area (Å²) in [5.74, 6) is 1.03. The Bertz CT molecular complexity index is 603. The van der Waals surface area contributed by atoms with Crippen molar-refractivity contribution in [3.05, 3.63) is 23.9 Å². The summed E-state index contributed by atoms with van der Waals surface area (Å²) in [5, 5.41) is 9.17. The van der Waals surface area contributed by atoms with Gasteiger partial charge in [0.25, 0.3) is 0 Å². The lowest BCUT2D eigenvalue weighted by molar-refractivity contribution is 0.0288. The molecule has 0 aromatic carbocycles. The van der Waals surface area contributed by atoms with Crippen LogP contribution in [0.1, 0.15) is 32.8 Å². The van der Waals surface area contributed by atoms with Gasteiger partial charge >= 0.3 is 6.09 Å². The number of nitriles is 1. The molecule has 0 bridgehead atoms. The predicted octanol–water partition coefficient (Wildman–Crippen LogP) is 2.65. The van der Waals surface area contributed by atoms with Crippen molar-refractivity contribution in [2.45, 2.75) is 32.8 Å². The summed E-state index contributed by atoms with van der Waals surface area (Å²) in [6.07, 6.45) is 2.37. The van der Waals surface area contributed by atoms with Crippen LogP contribution in [0.15, 0.2) is 18.3 Å². The van der Waals surface area contributed by atoms with E-state index < -0.39 is 5.60 Å². The second-order valence-electron chi connectivity index (χ2n) is 6.95. The first-order valence-corrected chi connectivity index (χ1v) is 7.84. The van der Waals surface area contributed by atoms with Gasteiger partial charge in [0, 0.05) is 32.9 Å². The molecular formula is C17H24N4O2. The number of aromatic nitrogens is 1. The van der Waals surface area contributed by atoms with E-state index in [0.717, 1.165) is 13.0 Å². The van der Waals surface area contributed by atoms with Gasteiger partial charge in [-0.1, -0.05) is 0 Å². The first-order chi connectivity index (χ1) is 10.8. The number of ether oxygens (including phenoxy) is 1. The van der Waals surface area contributed by atoms with E-state index in [4.69, 9.17) is 10.00 Å². The number of carbonyl (C=O) groups is 1. The molecule has 0 spiro atoms. The highest BCUT2D eigenvalue weighted by atomic mass is 16.6.